The number of ether oxygens (including phenoxy) is 1. The van der Waals surface area contributed by atoms with Crippen molar-refractivity contribution >= 4 is 5.91 Å². The average molecular weight is 472 g/mol. The van der Waals surface area contributed by atoms with E-state index in [9.17, 15) is 4.79 Å². The fraction of sp³-hybridized carbons (Fsp3) is 0.367. The van der Waals surface area contributed by atoms with Crippen molar-refractivity contribution in [2.24, 2.45) is 0 Å². The molecule has 1 heterocycles. The lowest BCUT2D eigenvalue weighted by molar-refractivity contribution is -0.125. The molecule has 5 nitrogen and oxygen atoms in total. The SMILES string of the molecule is CNC(=O)[C@@H]1C[C@H](NCc2cc(C)c(OC)cc2C)CN1CC(c1ccccc1)c1ccccc1. The molecule has 35 heavy (non-hydrogen) atoms. The van der Waals surface area contributed by atoms with Crippen LogP contribution in [0.3, 0.4) is 0 Å². The largest absolute Gasteiger partial charge is 0.496 e. The molecule has 0 saturated carbocycles. The number of hydrogen-bond acceptors (Lipinski definition) is 4. The molecule has 184 valence electrons. The van der Waals surface area contributed by atoms with Crippen LogP contribution in [0.5, 0.6) is 5.75 Å². The van der Waals surface area contributed by atoms with Crippen molar-refractivity contribution < 1.29 is 9.53 Å². The van der Waals surface area contributed by atoms with E-state index in [0.29, 0.717) is 0 Å². The first kappa shape index (κ1) is 25.0. The van der Waals surface area contributed by atoms with Crippen molar-refractivity contribution in [1.29, 1.82) is 0 Å². The number of carbonyl (C=O) groups is 1. The second-order valence-corrected chi connectivity index (χ2v) is 9.52. The van der Waals surface area contributed by atoms with Gasteiger partial charge in [0.15, 0.2) is 0 Å². The number of methoxy groups -OCH3 is 1. The number of nitrogens with one attached hydrogen (secondary N) is 2. The Hall–Kier alpha value is -3.15. The van der Waals surface area contributed by atoms with Gasteiger partial charge in [0.05, 0.1) is 13.2 Å². The number of carbonyl (C=O) groups excluding carboxylic acids is 1. The highest BCUT2D eigenvalue weighted by molar-refractivity contribution is 5.82. The summed E-state index contributed by atoms with van der Waals surface area (Å²) in [6, 6.07) is 25.6. The van der Waals surface area contributed by atoms with E-state index >= 15 is 0 Å². The number of hydrogen-bond donors (Lipinski definition) is 2. The molecule has 0 bridgehead atoms. The lowest BCUT2D eigenvalue weighted by atomic mass is 9.90. The summed E-state index contributed by atoms with van der Waals surface area (Å²) in [5, 5.41) is 6.62. The van der Waals surface area contributed by atoms with Crippen molar-refractivity contribution in [2.45, 2.75) is 44.8 Å². The van der Waals surface area contributed by atoms with Crippen molar-refractivity contribution in [3.05, 3.63) is 101 Å². The first-order valence-corrected chi connectivity index (χ1v) is 12.4. The van der Waals surface area contributed by atoms with Crippen LogP contribution in [-0.4, -0.2) is 50.1 Å². The molecule has 1 amide bonds. The Morgan fingerprint density at radius 3 is 2.20 bits per heavy atom. The highest BCUT2D eigenvalue weighted by Gasteiger charge is 2.37. The van der Waals surface area contributed by atoms with Gasteiger partial charge in [-0.3, -0.25) is 9.69 Å². The number of amides is 1. The third kappa shape index (κ3) is 5.92. The quantitative estimate of drug-likeness (QED) is 0.485. The molecule has 0 spiro atoms. The van der Waals surface area contributed by atoms with E-state index in [-0.39, 0.29) is 23.9 Å². The summed E-state index contributed by atoms with van der Waals surface area (Å²) in [5.74, 6) is 1.21. The van der Waals surface area contributed by atoms with Crippen LogP contribution >= 0.6 is 0 Å². The van der Waals surface area contributed by atoms with Crippen LogP contribution in [0.1, 0.15) is 40.2 Å². The zero-order valence-electron chi connectivity index (χ0n) is 21.3. The normalized spacial score (nSPS) is 18.1. The molecule has 2 atom stereocenters. The van der Waals surface area contributed by atoms with Crippen molar-refractivity contribution in [3.8, 4) is 5.75 Å². The zero-order chi connectivity index (χ0) is 24.8. The standard InChI is InChI=1S/C30H37N3O2/c1-21-16-29(35-4)22(2)15-25(21)18-32-26-17-28(30(34)31-3)33(19-26)20-27(23-11-7-5-8-12-23)24-13-9-6-10-14-24/h5-16,26-28,32H,17-20H2,1-4H3,(H,31,34)/t26-,28-/m0/s1. The molecule has 1 aliphatic rings. The molecule has 0 aromatic heterocycles. The number of aryl methyl sites for hydroxylation is 2. The van der Waals surface area contributed by atoms with Crippen molar-refractivity contribution in [2.75, 3.05) is 27.2 Å². The van der Waals surface area contributed by atoms with Gasteiger partial charge in [0.1, 0.15) is 5.75 Å². The highest BCUT2D eigenvalue weighted by atomic mass is 16.5. The number of likely N-dealkylation sites (N-methyl/N-ethyl adjacent to an activating group) is 1. The van der Waals surface area contributed by atoms with Gasteiger partial charge in [-0.05, 0) is 54.2 Å². The summed E-state index contributed by atoms with van der Waals surface area (Å²) < 4.78 is 5.46. The monoisotopic (exact) mass is 471 g/mol. The second kappa shape index (κ2) is 11.5. The van der Waals surface area contributed by atoms with E-state index in [1.165, 1.54) is 22.3 Å². The first-order valence-electron chi connectivity index (χ1n) is 12.4. The molecule has 0 unspecified atom stereocenters. The Morgan fingerprint density at radius 2 is 1.63 bits per heavy atom. The van der Waals surface area contributed by atoms with Gasteiger partial charge in [-0.25, -0.2) is 0 Å². The maximum Gasteiger partial charge on any atom is 0.237 e. The molecule has 1 fully saturated rings. The van der Waals surface area contributed by atoms with Gasteiger partial charge >= 0.3 is 0 Å². The summed E-state index contributed by atoms with van der Waals surface area (Å²) in [6.45, 7) is 6.61. The number of nitrogens with zero attached hydrogens (tertiary/aromatic N) is 1. The topological polar surface area (TPSA) is 53.6 Å². The lowest BCUT2D eigenvalue weighted by Crippen LogP contribution is -2.43. The van der Waals surface area contributed by atoms with Crippen LogP contribution in [0.4, 0.5) is 0 Å². The van der Waals surface area contributed by atoms with Gasteiger partial charge in [0.2, 0.25) is 5.91 Å². The van der Waals surface area contributed by atoms with E-state index in [1.807, 2.05) is 0 Å². The molecule has 0 aliphatic carbocycles. The van der Waals surface area contributed by atoms with Crippen LogP contribution in [0.15, 0.2) is 72.8 Å². The molecule has 1 saturated heterocycles. The minimum absolute atomic E-state index is 0.0886. The minimum Gasteiger partial charge on any atom is -0.496 e. The zero-order valence-corrected chi connectivity index (χ0v) is 21.3. The van der Waals surface area contributed by atoms with Gasteiger partial charge in [0, 0.05) is 38.6 Å². The van der Waals surface area contributed by atoms with E-state index in [1.54, 1.807) is 14.2 Å². The summed E-state index contributed by atoms with van der Waals surface area (Å²) in [4.78, 5) is 15.2. The average Bonchev–Trinajstić information content (AvgIpc) is 3.30. The summed E-state index contributed by atoms with van der Waals surface area (Å²) >= 11 is 0. The predicted molar refractivity (Wildman–Crippen MR) is 142 cm³/mol. The van der Waals surface area contributed by atoms with Gasteiger partial charge in [0.25, 0.3) is 0 Å². The van der Waals surface area contributed by atoms with Crippen LogP contribution < -0.4 is 15.4 Å². The fourth-order valence-corrected chi connectivity index (χ4v) is 5.22. The molecule has 1 aliphatic heterocycles. The van der Waals surface area contributed by atoms with Gasteiger partial charge in [-0.15, -0.1) is 0 Å². The smallest absolute Gasteiger partial charge is 0.237 e. The lowest BCUT2D eigenvalue weighted by Gasteiger charge is -2.28. The second-order valence-electron chi connectivity index (χ2n) is 9.52. The van der Waals surface area contributed by atoms with Crippen molar-refractivity contribution in [3.63, 3.8) is 0 Å². The molecule has 3 aromatic rings. The summed E-state index contributed by atoms with van der Waals surface area (Å²) in [5.41, 5.74) is 6.17. The van der Waals surface area contributed by atoms with E-state index in [4.69, 9.17) is 4.74 Å². The van der Waals surface area contributed by atoms with Crippen LogP contribution in [0.2, 0.25) is 0 Å². The molecular weight excluding hydrogens is 434 g/mol. The highest BCUT2D eigenvalue weighted by Crippen LogP contribution is 2.30. The summed E-state index contributed by atoms with van der Waals surface area (Å²) in [6.07, 6.45) is 0.796. The molecular formula is C30H37N3O2. The van der Waals surface area contributed by atoms with E-state index < -0.39 is 0 Å². The van der Waals surface area contributed by atoms with E-state index in [0.717, 1.165) is 37.4 Å². The Bertz CT molecular complexity index is 1080. The Morgan fingerprint density at radius 1 is 1.00 bits per heavy atom. The number of rotatable bonds is 9. The number of benzene rings is 3. The molecule has 2 N–H and O–H groups in total. The molecule has 3 aromatic carbocycles. The van der Waals surface area contributed by atoms with Gasteiger partial charge < -0.3 is 15.4 Å². The third-order valence-corrected chi connectivity index (χ3v) is 7.21. The molecule has 0 radical (unpaired) electrons. The fourth-order valence-electron chi connectivity index (χ4n) is 5.22. The van der Waals surface area contributed by atoms with E-state index in [2.05, 4.69) is 102 Å². The Balaban J connectivity index is 1.51. The predicted octanol–water partition coefficient (Wildman–Crippen LogP) is 4.42. The Kier molecular flexibility index (Phi) is 8.21. The summed E-state index contributed by atoms with van der Waals surface area (Å²) in [7, 11) is 3.44. The third-order valence-electron chi connectivity index (χ3n) is 7.21. The van der Waals surface area contributed by atoms with Gasteiger partial charge in [-0.1, -0.05) is 66.7 Å². The van der Waals surface area contributed by atoms with Crippen LogP contribution in [0.25, 0.3) is 0 Å². The van der Waals surface area contributed by atoms with Crippen LogP contribution in [0, 0.1) is 13.8 Å². The Labute approximate surface area is 209 Å². The maximum absolute atomic E-state index is 12.9. The van der Waals surface area contributed by atoms with Gasteiger partial charge in [-0.2, -0.15) is 0 Å². The molecule has 5 heteroatoms. The number of likely N-dealkylation sites (tertiary alicyclic amines) is 1. The van der Waals surface area contributed by atoms with Crippen molar-refractivity contribution in [1.82, 2.24) is 15.5 Å². The van der Waals surface area contributed by atoms with Crippen LogP contribution in [-0.2, 0) is 11.3 Å². The maximum atomic E-state index is 12.9. The molecule has 4 rings (SSSR count). The minimum atomic E-state index is -0.147. The first-order chi connectivity index (χ1) is 17.0.